The number of furan rings is 1. The summed E-state index contributed by atoms with van der Waals surface area (Å²) >= 11 is 0. The van der Waals surface area contributed by atoms with Gasteiger partial charge < -0.3 is 15.1 Å². The average Bonchev–Trinajstić information content (AvgIpc) is 3.20. The van der Waals surface area contributed by atoms with Crippen LogP contribution in [0.1, 0.15) is 29.0 Å². The van der Waals surface area contributed by atoms with E-state index in [2.05, 4.69) is 10.6 Å². The van der Waals surface area contributed by atoms with Gasteiger partial charge in [0.2, 0.25) is 5.76 Å². The van der Waals surface area contributed by atoms with Crippen LogP contribution >= 0.6 is 0 Å². The largest absolute Gasteiger partial charge is 0.446 e. The van der Waals surface area contributed by atoms with Crippen LogP contribution in [-0.2, 0) is 0 Å². The number of nitrogens with one attached hydrogen (secondary N) is 2. The predicted molar refractivity (Wildman–Crippen MR) is 76.7 cm³/mol. The third-order valence-corrected chi connectivity index (χ3v) is 4.57. The summed E-state index contributed by atoms with van der Waals surface area (Å²) in [6.07, 6.45) is 2.18. The average molecular weight is 281 g/mol. The van der Waals surface area contributed by atoms with Crippen LogP contribution < -0.4 is 10.6 Å². The van der Waals surface area contributed by atoms with E-state index in [1.165, 1.54) is 0 Å². The van der Waals surface area contributed by atoms with Crippen molar-refractivity contribution in [1.29, 1.82) is 5.26 Å². The Hall–Kier alpha value is -2.32. The molecule has 1 aromatic carbocycles. The fraction of sp³-hybridized carbons (Fsp3) is 0.375. The first kappa shape index (κ1) is 12.4. The summed E-state index contributed by atoms with van der Waals surface area (Å²) in [5.74, 6) is 0.776. The lowest BCUT2D eigenvalue weighted by Gasteiger charge is -2.23. The number of benzene rings is 1. The summed E-state index contributed by atoms with van der Waals surface area (Å²) in [5.41, 5.74) is 1.25. The summed E-state index contributed by atoms with van der Waals surface area (Å²) in [6, 6.07) is 9.73. The fourth-order valence-electron chi connectivity index (χ4n) is 3.50. The molecule has 1 aromatic heterocycles. The van der Waals surface area contributed by atoms with Crippen LogP contribution in [0.5, 0.6) is 0 Å². The Morgan fingerprint density at radius 1 is 1.38 bits per heavy atom. The molecule has 1 saturated heterocycles. The van der Waals surface area contributed by atoms with Gasteiger partial charge >= 0.3 is 0 Å². The standard InChI is InChI=1S/C16H15N3O2/c17-7-13-5-10-3-9(1-2-15(10)21-13)16(20)19-14-6-12-4-11(14)8-18-12/h1-3,5,11-12,14,18H,4,6,8H2,(H,19,20). The molecule has 2 bridgehead atoms. The van der Waals surface area contributed by atoms with Crippen LogP contribution in [0.4, 0.5) is 0 Å². The number of carbonyl (C=O) groups is 1. The van der Waals surface area contributed by atoms with E-state index in [9.17, 15) is 4.79 Å². The van der Waals surface area contributed by atoms with E-state index in [1.54, 1.807) is 24.3 Å². The van der Waals surface area contributed by atoms with Crippen molar-refractivity contribution in [3.8, 4) is 6.07 Å². The summed E-state index contributed by atoms with van der Waals surface area (Å²) in [4.78, 5) is 12.4. The van der Waals surface area contributed by atoms with E-state index in [0.29, 0.717) is 23.1 Å². The van der Waals surface area contributed by atoms with Crippen LogP contribution in [0.25, 0.3) is 11.0 Å². The molecule has 3 atom stereocenters. The van der Waals surface area contributed by atoms with Crippen LogP contribution in [-0.4, -0.2) is 24.5 Å². The van der Waals surface area contributed by atoms with Gasteiger partial charge in [-0.15, -0.1) is 0 Å². The minimum Gasteiger partial charge on any atom is -0.446 e. The highest BCUT2D eigenvalue weighted by Gasteiger charge is 2.40. The van der Waals surface area contributed by atoms with Gasteiger partial charge in [0.1, 0.15) is 11.7 Å². The van der Waals surface area contributed by atoms with E-state index in [1.807, 2.05) is 6.07 Å². The van der Waals surface area contributed by atoms with Crippen molar-refractivity contribution in [2.75, 3.05) is 6.54 Å². The SMILES string of the molecule is N#Cc1cc2cc(C(=O)NC3CC4CC3CN4)ccc2o1. The molecule has 4 rings (SSSR count). The number of hydrogen-bond acceptors (Lipinski definition) is 4. The van der Waals surface area contributed by atoms with Crippen molar-refractivity contribution in [3.05, 3.63) is 35.6 Å². The number of hydrogen-bond donors (Lipinski definition) is 2. The maximum atomic E-state index is 12.4. The van der Waals surface area contributed by atoms with Crippen LogP contribution in [0.3, 0.4) is 0 Å². The van der Waals surface area contributed by atoms with Crippen molar-refractivity contribution < 1.29 is 9.21 Å². The molecular formula is C16H15N3O2. The van der Waals surface area contributed by atoms with Crippen LogP contribution in [0.15, 0.2) is 28.7 Å². The zero-order valence-corrected chi connectivity index (χ0v) is 11.4. The smallest absolute Gasteiger partial charge is 0.251 e. The van der Waals surface area contributed by atoms with Gasteiger partial charge in [-0.05, 0) is 37.0 Å². The van der Waals surface area contributed by atoms with Crippen LogP contribution in [0, 0.1) is 17.2 Å². The molecule has 2 aromatic rings. The molecule has 3 unspecified atom stereocenters. The number of amides is 1. The number of carbonyl (C=O) groups excluding carboxylic acids is 1. The molecular weight excluding hydrogens is 266 g/mol. The molecule has 5 nitrogen and oxygen atoms in total. The van der Waals surface area contributed by atoms with Gasteiger partial charge in [0.05, 0.1) is 0 Å². The summed E-state index contributed by atoms with van der Waals surface area (Å²) in [5, 5.41) is 16.2. The summed E-state index contributed by atoms with van der Waals surface area (Å²) in [7, 11) is 0. The Kier molecular flexibility index (Phi) is 2.72. The second-order valence-corrected chi connectivity index (χ2v) is 5.89. The molecule has 2 N–H and O–H groups in total. The molecule has 106 valence electrons. The fourth-order valence-corrected chi connectivity index (χ4v) is 3.50. The lowest BCUT2D eigenvalue weighted by molar-refractivity contribution is 0.0925. The number of fused-ring (bicyclic) bond motifs is 3. The summed E-state index contributed by atoms with van der Waals surface area (Å²) < 4.78 is 5.32. The number of rotatable bonds is 2. The first-order valence-corrected chi connectivity index (χ1v) is 7.21. The normalized spacial score (nSPS) is 26.9. The highest BCUT2D eigenvalue weighted by Crippen LogP contribution is 2.31. The van der Waals surface area contributed by atoms with Crippen molar-refractivity contribution >= 4 is 16.9 Å². The third-order valence-electron chi connectivity index (χ3n) is 4.57. The van der Waals surface area contributed by atoms with Crippen LogP contribution in [0.2, 0.25) is 0 Å². The third kappa shape index (κ3) is 2.08. The highest BCUT2D eigenvalue weighted by atomic mass is 16.3. The zero-order valence-electron chi connectivity index (χ0n) is 11.4. The van der Waals surface area contributed by atoms with Crippen molar-refractivity contribution in [2.45, 2.75) is 24.9 Å². The molecule has 2 heterocycles. The maximum absolute atomic E-state index is 12.4. The molecule has 1 aliphatic carbocycles. The molecule has 1 aliphatic heterocycles. The van der Waals surface area contributed by atoms with E-state index in [4.69, 9.17) is 9.68 Å². The maximum Gasteiger partial charge on any atom is 0.251 e. The molecule has 1 saturated carbocycles. The Bertz CT molecular complexity index is 758. The Balaban J connectivity index is 1.55. The molecule has 0 spiro atoms. The summed E-state index contributed by atoms with van der Waals surface area (Å²) in [6.45, 7) is 1.00. The first-order chi connectivity index (χ1) is 10.2. The van der Waals surface area contributed by atoms with Gasteiger partial charge in [-0.3, -0.25) is 4.79 Å². The number of nitriles is 1. The van der Waals surface area contributed by atoms with Gasteiger partial charge in [0.25, 0.3) is 5.91 Å². The Morgan fingerprint density at radius 3 is 3.00 bits per heavy atom. The molecule has 0 radical (unpaired) electrons. The van der Waals surface area contributed by atoms with E-state index >= 15 is 0 Å². The van der Waals surface area contributed by atoms with E-state index in [0.717, 1.165) is 24.8 Å². The topological polar surface area (TPSA) is 78.1 Å². The molecule has 1 amide bonds. The van der Waals surface area contributed by atoms with Crippen molar-refractivity contribution in [1.82, 2.24) is 10.6 Å². The van der Waals surface area contributed by atoms with Gasteiger partial charge in [-0.2, -0.15) is 5.26 Å². The van der Waals surface area contributed by atoms with Gasteiger partial charge in [-0.1, -0.05) is 0 Å². The number of piperidine rings is 1. The number of nitrogens with zero attached hydrogens (tertiary/aromatic N) is 1. The molecule has 2 aliphatic rings. The van der Waals surface area contributed by atoms with Gasteiger partial charge in [0.15, 0.2) is 0 Å². The van der Waals surface area contributed by atoms with E-state index in [-0.39, 0.29) is 17.7 Å². The molecule has 2 fully saturated rings. The molecule has 21 heavy (non-hydrogen) atoms. The lowest BCUT2D eigenvalue weighted by Crippen LogP contribution is -2.44. The second kappa shape index (κ2) is 4.61. The zero-order chi connectivity index (χ0) is 14.4. The molecule has 5 heteroatoms. The quantitative estimate of drug-likeness (QED) is 0.879. The van der Waals surface area contributed by atoms with Crippen molar-refractivity contribution in [2.24, 2.45) is 5.92 Å². The Labute approximate surface area is 121 Å². The van der Waals surface area contributed by atoms with Gasteiger partial charge in [-0.25, -0.2) is 0 Å². The Morgan fingerprint density at radius 2 is 2.29 bits per heavy atom. The monoisotopic (exact) mass is 281 g/mol. The van der Waals surface area contributed by atoms with Crippen molar-refractivity contribution in [3.63, 3.8) is 0 Å². The first-order valence-electron chi connectivity index (χ1n) is 7.21. The van der Waals surface area contributed by atoms with E-state index < -0.39 is 0 Å². The lowest BCUT2D eigenvalue weighted by atomic mass is 10.0. The second-order valence-electron chi connectivity index (χ2n) is 5.89. The predicted octanol–water partition coefficient (Wildman–Crippen LogP) is 1.78. The van der Waals surface area contributed by atoms with Gasteiger partial charge in [0, 0.05) is 35.6 Å². The highest BCUT2D eigenvalue weighted by molar-refractivity contribution is 5.98. The minimum atomic E-state index is -0.0471. The minimum absolute atomic E-state index is 0.0471.